The lowest BCUT2D eigenvalue weighted by molar-refractivity contribution is -0.147. The molecule has 0 bridgehead atoms. The summed E-state index contributed by atoms with van der Waals surface area (Å²) in [7, 11) is 3.15. The number of thiazole rings is 1. The van der Waals surface area contributed by atoms with E-state index in [1.54, 1.807) is 27.2 Å². The Morgan fingerprint density at radius 3 is 2.53 bits per heavy atom. The average Bonchev–Trinajstić information content (AvgIpc) is 3.18. The molecule has 2 aromatic rings. The SMILES string of the molecule is CCCCCCC(C)(NC(=O)Cc1csc(-c2ccc(OC)c(OC)c2)n1)C(=O)O. The van der Waals surface area contributed by atoms with E-state index in [1.165, 1.54) is 11.3 Å². The molecular weight excluding hydrogens is 404 g/mol. The summed E-state index contributed by atoms with van der Waals surface area (Å²) in [6.07, 6.45) is 4.28. The highest BCUT2D eigenvalue weighted by Gasteiger charge is 2.34. The van der Waals surface area contributed by atoms with Crippen molar-refractivity contribution >= 4 is 23.2 Å². The Balaban J connectivity index is 2.04. The fourth-order valence-corrected chi connectivity index (χ4v) is 3.95. The van der Waals surface area contributed by atoms with E-state index in [-0.39, 0.29) is 12.3 Å². The first-order chi connectivity index (χ1) is 14.3. The highest BCUT2D eigenvalue weighted by molar-refractivity contribution is 7.13. The molecule has 0 aliphatic carbocycles. The molecule has 0 spiro atoms. The molecule has 1 amide bonds. The van der Waals surface area contributed by atoms with Crippen LogP contribution in [0.25, 0.3) is 10.6 Å². The summed E-state index contributed by atoms with van der Waals surface area (Å²) >= 11 is 1.42. The maximum atomic E-state index is 12.5. The molecule has 0 saturated heterocycles. The van der Waals surface area contributed by atoms with Gasteiger partial charge in [0.15, 0.2) is 11.5 Å². The van der Waals surface area contributed by atoms with Crippen molar-refractivity contribution in [3.05, 3.63) is 29.3 Å². The number of carboxylic acids is 1. The molecule has 164 valence electrons. The summed E-state index contributed by atoms with van der Waals surface area (Å²) in [5, 5.41) is 14.8. The van der Waals surface area contributed by atoms with Gasteiger partial charge in [0.1, 0.15) is 10.5 Å². The Bertz CT molecular complexity index is 867. The van der Waals surface area contributed by atoms with Gasteiger partial charge < -0.3 is 19.9 Å². The molecule has 7 nitrogen and oxygen atoms in total. The number of benzene rings is 1. The quantitative estimate of drug-likeness (QED) is 0.483. The monoisotopic (exact) mass is 434 g/mol. The van der Waals surface area contributed by atoms with Gasteiger partial charge in [0, 0.05) is 10.9 Å². The maximum absolute atomic E-state index is 12.5. The number of hydrogen-bond acceptors (Lipinski definition) is 6. The lowest BCUT2D eigenvalue weighted by Gasteiger charge is -2.26. The van der Waals surface area contributed by atoms with Crippen LogP contribution in [-0.4, -0.2) is 41.7 Å². The Labute approximate surface area is 181 Å². The van der Waals surface area contributed by atoms with Gasteiger partial charge in [-0.3, -0.25) is 4.79 Å². The average molecular weight is 435 g/mol. The minimum absolute atomic E-state index is 0.0294. The van der Waals surface area contributed by atoms with E-state index in [4.69, 9.17) is 9.47 Å². The molecule has 1 heterocycles. The molecule has 0 saturated carbocycles. The molecule has 0 fully saturated rings. The minimum Gasteiger partial charge on any atom is -0.493 e. The van der Waals surface area contributed by atoms with Crippen molar-refractivity contribution in [2.24, 2.45) is 0 Å². The minimum atomic E-state index is -1.27. The molecule has 0 radical (unpaired) electrons. The number of hydrogen-bond donors (Lipinski definition) is 2. The number of methoxy groups -OCH3 is 2. The molecule has 1 atom stereocenters. The Kier molecular flexibility index (Phi) is 8.65. The predicted octanol–water partition coefficient (Wildman–Crippen LogP) is 4.30. The van der Waals surface area contributed by atoms with Crippen LogP contribution in [0.3, 0.4) is 0 Å². The Hall–Kier alpha value is -2.61. The number of ether oxygens (including phenoxy) is 2. The number of carbonyl (C=O) groups is 2. The lowest BCUT2D eigenvalue weighted by atomic mass is 9.94. The van der Waals surface area contributed by atoms with Gasteiger partial charge in [0.05, 0.1) is 26.3 Å². The first-order valence-electron chi connectivity index (χ1n) is 10.0. The standard InChI is InChI=1S/C22H30N2O5S/c1-5-6-7-8-11-22(2,21(26)27)24-19(25)13-16-14-30-20(23-16)15-9-10-17(28-3)18(12-15)29-4/h9-10,12,14H,5-8,11,13H2,1-4H3,(H,24,25)(H,26,27). The van der Waals surface area contributed by atoms with Gasteiger partial charge in [-0.15, -0.1) is 11.3 Å². The second-order valence-electron chi connectivity index (χ2n) is 7.39. The summed E-state index contributed by atoms with van der Waals surface area (Å²) in [4.78, 5) is 28.8. The first-order valence-corrected chi connectivity index (χ1v) is 10.9. The van der Waals surface area contributed by atoms with Gasteiger partial charge in [-0.2, -0.15) is 0 Å². The number of carboxylic acid groups (broad SMARTS) is 1. The third kappa shape index (κ3) is 6.19. The number of aliphatic carboxylic acids is 1. The van der Waals surface area contributed by atoms with Crippen molar-refractivity contribution in [3.63, 3.8) is 0 Å². The second kappa shape index (κ2) is 11.0. The van der Waals surface area contributed by atoms with Crippen LogP contribution in [0.1, 0.15) is 51.6 Å². The van der Waals surface area contributed by atoms with Crippen LogP contribution in [0.15, 0.2) is 23.6 Å². The van der Waals surface area contributed by atoms with E-state index >= 15 is 0 Å². The number of unbranched alkanes of at least 4 members (excludes halogenated alkanes) is 3. The van der Waals surface area contributed by atoms with Crippen LogP contribution in [0.2, 0.25) is 0 Å². The third-order valence-corrected chi connectivity index (χ3v) is 5.88. The summed E-state index contributed by atoms with van der Waals surface area (Å²) < 4.78 is 10.6. The van der Waals surface area contributed by atoms with Crippen LogP contribution in [0.4, 0.5) is 0 Å². The lowest BCUT2D eigenvalue weighted by Crippen LogP contribution is -2.52. The smallest absolute Gasteiger partial charge is 0.329 e. The van der Waals surface area contributed by atoms with Gasteiger partial charge in [0.25, 0.3) is 0 Å². The number of amides is 1. The van der Waals surface area contributed by atoms with E-state index in [0.717, 1.165) is 36.3 Å². The van der Waals surface area contributed by atoms with Crippen LogP contribution in [0.5, 0.6) is 11.5 Å². The van der Waals surface area contributed by atoms with Crippen molar-refractivity contribution in [1.29, 1.82) is 0 Å². The Morgan fingerprint density at radius 2 is 1.90 bits per heavy atom. The van der Waals surface area contributed by atoms with Crippen molar-refractivity contribution in [1.82, 2.24) is 10.3 Å². The Morgan fingerprint density at radius 1 is 1.17 bits per heavy atom. The van der Waals surface area contributed by atoms with Crippen LogP contribution < -0.4 is 14.8 Å². The molecule has 2 rings (SSSR count). The number of carbonyl (C=O) groups excluding carboxylic acids is 1. The fraction of sp³-hybridized carbons (Fsp3) is 0.500. The van der Waals surface area contributed by atoms with Crippen molar-refractivity contribution in [3.8, 4) is 22.1 Å². The van der Waals surface area contributed by atoms with Crippen molar-refractivity contribution in [2.75, 3.05) is 14.2 Å². The van der Waals surface area contributed by atoms with Gasteiger partial charge in [0.2, 0.25) is 5.91 Å². The van der Waals surface area contributed by atoms with Crippen LogP contribution >= 0.6 is 11.3 Å². The summed E-state index contributed by atoms with van der Waals surface area (Å²) in [6, 6.07) is 5.51. The van der Waals surface area contributed by atoms with Crippen LogP contribution in [0, 0.1) is 0 Å². The topological polar surface area (TPSA) is 97.8 Å². The molecule has 2 N–H and O–H groups in total. The van der Waals surface area contributed by atoms with Gasteiger partial charge >= 0.3 is 5.97 Å². The number of nitrogens with one attached hydrogen (secondary N) is 1. The zero-order valence-electron chi connectivity index (χ0n) is 18.0. The summed E-state index contributed by atoms with van der Waals surface area (Å²) in [5.74, 6) is -0.134. The molecule has 30 heavy (non-hydrogen) atoms. The van der Waals surface area contributed by atoms with Crippen LogP contribution in [-0.2, 0) is 16.0 Å². The zero-order chi connectivity index (χ0) is 22.1. The van der Waals surface area contributed by atoms with Gasteiger partial charge in [-0.05, 0) is 31.5 Å². The number of aromatic nitrogens is 1. The normalized spacial score (nSPS) is 12.8. The van der Waals surface area contributed by atoms with Gasteiger partial charge in [-0.25, -0.2) is 9.78 Å². The highest BCUT2D eigenvalue weighted by atomic mass is 32.1. The first kappa shape index (κ1) is 23.7. The van der Waals surface area contributed by atoms with Gasteiger partial charge in [-0.1, -0.05) is 32.6 Å². The molecule has 1 unspecified atom stereocenters. The summed E-state index contributed by atoms with van der Waals surface area (Å²) in [5.41, 5.74) is 0.184. The molecule has 8 heteroatoms. The largest absolute Gasteiger partial charge is 0.493 e. The molecule has 1 aromatic heterocycles. The van der Waals surface area contributed by atoms with E-state index in [0.29, 0.717) is 23.6 Å². The number of nitrogens with zero attached hydrogens (tertiary/aromatic N) is 1. The van der Waals surface area contributed by atoms with E-state index < -0.39 is 11.5 Å². The third-order valence-electron chi connectivity index (χ3n) is 4.94. The summed E-state index contributed by atoms with van der Waals surface area (Å²) in [6.45, 7) is 3.66. The second-order valence-corrected chi connectivity index (χ2v) is 8.24. The van der Waals surface area contributed by atoms with E-state index in [9.17, 15) is 14.7 Å². The molecular formula is C22H30N2O5S. The highest BCUT2D eigenvalue weighted by Crippen LogP contribution is 2.33. The van der Waals surface area contributed by atoms with E-state index in [1.807, 2.05) is 17.5 Å². The van der Waals surface area contributed by atoms with Crippen molar-refractivity contribution < 1.29 is 24.2 Å². The zero-order valence-corrected chi connectivity index (χ0v) is 18.8. The maximum Gasteiger partial charge on any atom is 0.329 e. The molecule has 1 aromatic carbocycles. The predicted molar refractivity (Wildman–Crippen MR) is 117 cm³/mol. The van der Waals surface area contributed by atoms with E-state index in [2.05, 4.69) is 17.2 Å². The number of rotatable bonds is 12. The van der Waals surface area contributed by atoms with Crippen molar-refractivity contribution in [2.45, 2.75) is 57.9 Å². The molecule has 0 aliphatic heterocycles. The fourth-order valence-electron chi connectivity index (χ4n) is 3.13. The molecule has 0 aliphatic rings.